The van der Waals surface area contributed by atoms with E-state index in [0.717, 1.165) is 21.8 Å². The standard InChI is InChI=1S/C11H18N2O4S3/c1-8-5-11(18-10(8)6-12)20(16,17)13-9-3-2-4-19(14,15)7-9/h5,9,13H,2-4,6-7,12H2,1H3. The summed E-state index contributed by atoms with van der Waals surface area (Å²) >= 11 is 1.13. The monoisotopic (exact) mass is 338 g/mol. The van der Waals surface area contributed by atoms with E-state index in [1.807, 2.05) is 6.92 Å². The van der Waals surface area contributed by atoms with Gasteiger partial charge in [-0.15, -0.1) is 11.3 Å². The van der Waals surface area contributed by atoms with Gasteiger partial charge in [0.25, 0.3) is 0 Å². The molecular weight excluding hydrogens is 320 g/mol. The highest BCUT2D eigenvalue weighted by atomic mass is 32.2. The third kappa shape index (κ3) is 3.59. The Labute approximate surface area is 123 Å². The molecule has 9 heteroatoms. The second kappa shape index (κ2) is 5.72. The van der Waals surface area contributed by atoms with E-state index in [2.05, 4.69) is 4.72 Å². The maximum atomic E-state index is 12.3. The molecule has 0 aliphatic carbocycles. The van der Waals surface area contributed by atoms with Crippen LogP contribution in [0.4, 0.5) is 0 Å². The minimum atomic E-state index is -3.67. The van der Waals surface area contributed by atoms with E-state index < -0.39 is 25.9 Å². The van der Waals surface area contributed by atoms with Crippen molar-refractivity contribution in [2.45, 2.75) is 36.6 Å². The van der Waals surface area contributed by atoms with Crippen LogP contribution in [0.1, 0.15) is 23.3 Å². The molecule has 1 unspecified atom stereocenters. The molecule has 6 nitrogen and oxygen atoms in total. The van der Waals surface area contributed by atoms with Crippen molar-refractivity contribution in [1.29, 1.82) is 0 Å². The van der Waals surface area contributed by atoms with E-state index in [0.29, 0.717) is 19.4 Å². The first-order chi connectivity index (χ1) is 9.23. The number of hydrogen-bond acceptors (Lipinski definition) is 6. The zero-order chi connectivity index (χ0) is 15.0. The van der Waals surface area contributed by atoms with Gasteiger partial charge >= 0.3 is 0 Å². The van der Waals surface area contributed by atoms with Gasteiger partial charge in [-0.05, 0) is 31.4 Å². The van der Waals surface area contributed by atoms with E-state index in [9.17, 15) is 16.8 Å². The van der Waals surface area contributed by atoms with Crippen molar-refractivity contribution in [3.8, 4) is 0 Å². The van der Waals surface area contributed by atoms with Crippen LogP contribution in [-0.4, -0.2) is 34.4 Å². The molecule has 0 bridgehead atoms. The maximum absolute atomic E-state index is 12.3. The van der Waals surface area contributed by atoms with Gasteiger partial charge in [-0.2, -0.15) is 0 Å². The van der Waals surface area contributed by atoms with Gasteiger partial charge in [0.1, 0.15) is 4.21 Å². The first kappa shape index (κ1) is 15.9. The van der Waals surface area contributed by atoms with Crippen molar-refractivity contribution in [3.05, 3.63) is 16.5 Å². The summed E-state index contributed by atoms with van der Waals surface area (Å²) in [5.74, 6) is 0.0149. The molecule has 0 amide bonds. The van der Waals surface area contributed by atoms with Crippen molar-refractivity contribution in [3.63, 3.8) is 0 Å². The van der Waals surface area contributed by atoms with Gasteiger partial charge in [0, 0.05) is 17.5 Å². The third-order valence-corrected chi connectivity index (χ3v) is 8.31. The smallest absolute Gasteiger partial charge is 0.250 e. The summed E-state index contributed by atoms with van der Waals surface area (Å²) < 4.78 is 50.3. The zero-order valence-corrected chi connectivity index (χ0v) is 13.6. The quantitative estimate of drug-likeness (QED) is 0.825. The molecule has 114 valence electrons. The van der Waals surface area contributed by atoms with Crippen LogP contribution < -0.4 is 10.5 Å². The van der Waals surface area contributed by atoms with E-state index in [4.69, 9.17) is 5.73 Å². The van der Waals surface area contributed by atoms with Crippen LogP contribution in [-0.2, 0) is 26.4 Å². The summed E-state index contributed by atoms with van der Waals surface area (Å²) in [7, 11) is -6.81. The lowest BCUT2D eigenvalue weighted by Gasteiger charge is -2.22. The predicted octanol–water partition coefficient (Wildman–Crippen LogP) is 0.371. The summed E-state index contributed by atoms with van der Waals surface area (Å²) in [6.45, 7) is 2.10. The second-order valence-corrected chi connectivity index (χ2v) is 10.3. The molecule has 1 aromatic heterocycles. The van der Waals surface area contributed by atoms with Gasteiger partial charge in [0.15, 0.2) is 9.84 Å². The number of rotatable bonds is 4. The second-order valence-electron chi connectivity index (χ2n) is 4.95. The Morgan fingerprint density at radius 1 is 1.50 bits per heavy atom. The zero-order valence-electron chi connectivity index (χ0n) is 11.1. The SMILES string of the molecule is Cc1cc(S(=O)(=O)NC2CCCS(=O)(=O)C2)sc1CN. The largest absolute Gasteiger partial charge is 0.326 e. The minimum Gasteiger partial charge on any atom is -0.326 e. The highest BCUT2D eigenvalue weighted by molar-refractivity contribution is 7.92. The summed E-state index contributed by atoms with van der Waals surface area (Å²) in [4.78, 5) is 0.821. The van der Waals surface area contributed by atoms with Gasteiger partial charge in [-0.1, -0.05) is 0 Å². The van der Waals surface area contributed by atoms with Crippen LogP contribution in [0.5, 0.6) is 0 Å². The highest BCUT2D eigenvalue weighted by Crippen LogP contribution is 2.26. The van der Waals surface area contributed by atoms with E-state index in [-0.39, 0.29) is 15.7 Å². The molecule has 0 saturated carbocycles. The number of sulfone groups is 1. The molecule has 2 heterocycles. The van der Waals surface area contributed by atoms with Gasteiger partial charge < -0.3 is 5.73 Å². The summed E-state index contributed by atoms with van der Waals surface area (Å²) in [6, 6.07) is 1.04. The van der Waals surface area contributed by atoms with Gasteiger partial charge in [0.2, 0.25) is 10.0 Å². The molecule has 1 aromatic rings. The lowest BCUT2D eigenvalue weighted by molar-refractivity contribution is 0.518. The first-order valence-corrected chi connectivity index (χ1v) is 10.4. The summed E-state index contributed by atoms with van der Waals surface area (Å²) in [5, 5.41) is 0. The fraction of sp³-hybridized carbons (Fsp3) is 0.636. The fourth-order valence-electron chi connectivity index (χ4n) is 2.22. The Balaban J connectivity index is 2.18. The van der Waals surface area contributed by atoms with E-state index in [1.54, 1.807) is 6.07 Å². The lowest BCUT2D eigenvalue weighted by Crippen LogP contribution is -2.42. The average molecular weight is 338 g/mol. The molecule has 0 spiro atoms. The Hall–Kier alpha value is -0.480. The van der Waals surface area contributed by atoms with Crippen LogP contribution in [0.25, 0.3) is 0 Å². The molecular formula is C11H18N2O4S3. The highest BCUT2D eigenvalue weighted by Gasteiger charge is 2.29. The Bertz CT molecular complexity index is 691. The normalized spacial score (nSPS) is 22.8. The number of thiophene rings is 1. The molecule has 0 aromatic carbocycles. The number of hydrogen-bond donors (Lipinski definition) is 2. The average Bonchev–Trinajstić information content (AvgIpc) is 2.69. The van der Waals surface area contributed by atoms with Crippen molar-refractivity contribution < 1.29 is 16.8 Å². The topological polar surface area (TPSA) is 106 Å². The maximum Gasteiger partial charge on any atom is 0.250 e. The summed E-state index contributed by atoms with van der Waals surface area (Å²) in [6.07, 6.45) is 1.04. The summed E-state index contributed by atoms with van der Waals surface area (Å²) in [5.41, 5.74) is 6.38. The lowest BCUT2D eigenvalue weighted by atomic mass is 10.2. The molecule has 1 aliphatic heterocycles. The minimum absolute atomic E-state index is 0.125. The molecule has 0 radical (unpaired) electrons. The Morgan fingerprint density at radius 3 is 2.75 bits per heavy atom. The van der Waals surface area contributed by atoms with Crippen LogP contribution >= 0.6 is 11.3 Å². The van der Waals surface area contributed by atoms with Gasteiger partial charge in [-0.3, -0.25) is 0 Å². The van der Waals surface area contributed by atoms with E-state index in [1.165, 1.54) is 0 Å². The molecule has 3 N–H and O–H groups in total. The molecule has 2 rings (SSSR count). The predicted molar refractivity (Wildman–Crippen MR) is 78.9 cm³/mol. The van der Waals surface area contributed by atoms with Crippen LogP contribution in [0.15, 0.2) is 10.3 Å². The first-order valence-electron chi connectivity index (χ1n) is 6.25. The molecule has 1 aliphatic rings. The van der Waals surface area contributed by atoms with Crippen molar-refractivity contribution in [2.75, 3.05) is 11.5 Å². The Morgan fingerprint density at radius 2 is 2.20 bits per heavy atom. The Kier molecular flexibility index (Phi) is 4.55. The van der Waals surface area contributed by atoms with Crippen LogP contribution in [0.3, 0.4) is 0 Å². The number of nitrogens with one attached hydrogen (secondary N) is 1. The molecule has 1 fully saturated rings. The van der Waals surface area contributed by atoms with Gasteiger partial charge in [0.05, 0.1) is 11.5 Å². The van der Waals surface area contributed by atoms with Crippen molar-refractivity contribution in [1.82, 2.24) is 4.72 Å². The van der Waals surface area contributed by atoms with Crippen molar-refractivity contribution in [2.24, 2.45) is 5.73 Å². The fourth-order valence-corrected chi connectivity index (χ4v) is 6.71. The van der Waals surface area contributed by atoms with Crippen LogP contribution in [0, 0.1) is 6.92 Å². The van der Waals surface area contributed by atoms with E-state index >= 15 is 0 Å². The number of sulfonamides is 1. The van der Waals surface area contributed by atoms with Crippen molar-refractivity contribution >= 4 is 31.2 Å². The molecule has 20 heavy (non-hydrogen) atoms. The molecule has 1 atom stereocenters. The number of aryl methyl sites for hydroxylation is 1. The molecule has 1 saturated heterocycles. The van der Waals surface area contributed by atoms with Gasteiger partial charge in [-0.25, -0.2) is 21.6 Å². The third-order valence-electron chi connectivity index (χ3n) is 3.23. The number of nitrogens with two attached hydrogens (primary N) is 1. The van der Waals surface area contributed by atoms with Crippen LogP contribution in [0.2, 0.25) is 0 Å².